The van der Waals surface area contributed by atoms with Gasteiger partial charge in [0.15, 0.2) is 0 Å². The highest BCUT2D eigenvalue weighted by Crippen LogP contribution is 2.14. The quantitative estimate of drug-likeness (QED) is 0.415. The Labute approximate surface area is 97.6 Å². The largest absolute Gasteiger partial charge is 0.427 e. The number of carbonyl (C=O) groups is 1. The zero-order valence-electron chi connectivity index (χ0n) is 9.87. The van der Waals surface area contributed by atoms with Crippen molar-refractivity contribution in [1.82, 2.24) is 0 Å². The van der Waals surface area contributed by atoms with Crippen molar-refractivity contribution in [2.75, 3.05) is 0 Å². The fourth-order valence-corrected chi connectivity index (χ4v) is 1.57. The summed E-state index contributed by atoms with van der Waals surface area (Å²) in [4.78, 5) is 10.7. The van der Waals surface area contributed by atoms with Gasteiger partial charge in [-0.1, -0.05) is 38.3 Å². The van der Waals surface area contributed by atoms with E-state index >= 15 is 0 Å². The Kier molecular flexibility index (Phi) is 5.62. The highest BCUT2D eigenvalue weighted by Gasteiger charge is 1.98. The molecule has 0 fully saturated rings. The molecule has 87 valence electrons. The first-order chi connectivity index (χ1) is 7.72. The number of aryl methyl sites for hydroxylation is 1. The van der Waals surface area contributed by atoms with Crippen molar-refractivity contribution in [2.45, 2.75) is 39.0 Å². The van der Waals surface area contributed by atoms with Crippen LogP contribution in [0.5, 0.6) is 5.75 Å². The van der Waals surface area contributed by atoms with Gasteiger partial charge in [-0.15, -0.1) is 0 Å². The second-order valence-corrected chi connectivity index (χ2v) is 3.90. The van der Waals surface area contributed by atoms with Crippen LogP contribution < -0.4 is 4.74 Å². The molecule has 0 saturated carbocycles. The van der Waals surface area contributed by atoms with Crippen molar-refractivity contribution in [2.24, 2.45) is 0 Å². The monoisotopic (exact) mass is 219 g/mol. The Morgan fingerprint density at radius 3 is 2.44 bits per heavy atom. The number of unbranched alkanes of at least 4 members (excludes halogenated alkanes) is 3. The molecular weight excluding hydrogens is 200 g/mol. The topological polar surface area (TPSA) is 26.3 Å². The molecular formula is C14H19O2. The number of hydrogen-bond acceptors (Lipinski definition) is 2. The molecule has 0 aromatic heterocycles. The SMILES string of the molecule is [CH2]CCCCCc1ccc(OC(C)=O)cc1. The van der Waals surface area contributed by atoms with Gasteiger partial charge in [0.05, 0.1) is 0 Å². The first-order valence-corrected chi connectivity index (χ1v) is 5.79. The average molecular weight is 219 g/mol. The van der Waals surface area contributed by atoms with Crippen molar-refractivity contribution in [3.63, 3.8) is 0 Å². The van der Waals surface area contributed by atoms with Gasteiger partial charge in [-0.3, -0.25) is 4.79 Å². The van der Waals surface area contributed by atoms with Crippen molar-refractivity contribution in [3.05, 3.63) is 36.8 Å². The van der Waals surface area contributed by atoms with E-state index in [9.17, 15) is 4.79 Å². The van der Waals surface area contributed by atoms with Crippen molar-refractivity contribution in [3.8, 4) is 5.75 Å². The van der Waals surface area contributed by atoms with Gasteiger partial charge in [0.1, 0.15) is 5.75 Å². The third kappa shape index (κ3) is 4.96. The summed E-state index contributed by atoms with van der Waals surface area (Å²) >= 11 is 0. The Morgan fingerprint density at radius 2 is 1.88 bits per heavy atom. The molecule has 16 heavy (non-hydrogen) atoms. The molecule has 1 rings (SSSR count). The lowest BCUT2D eigenvalue weighted by molar-refractivity contribution is -0.131. The summed E-state index contributed by atoms with van der Waals surface area (Å²) < 4.78 is 4.97. The molecule has 2 heteroatoms. The molecule has 1 aromatic rings. The molecule has 0 amide bonds. The maximum absolute atomic E-state index is 10.7. The smallest absolute Gasteiger partial charge is 0.308 e. The maximum Gasteiger partial charge on any atom is 0.308 e. The fraction of sp³-hybridized carbons (Fsp3) is 0.429. The van der Waals surface area contributed by atoms with E-state index < -0.39 is 0 Å². The van der Waals surface area contributed by atoms with Crippen LogP contribution in [0.1, 0.15) is 38.2 Å². The minimum atomic E-state index is -0.275. The van der Waals surface area contributed by atoms with Gasteiger partial charge < -0.3 is 4.74 Å². The van der Waals surface area contributed by atoms with Crippen LogP contribution in [0.25, 0.3) is 0 Å². The summed E-state index contributed by atoms with van der Waals surface area (Å²) in [6.07, 6.45) is 5.73. The molecule has 1 aromatic carbocycles. The van der Waals surface area contributed by atoms with E-state index in [0.29, 0.717) is 5.75 Å². The predicted molar refractivity (Wildman–Crippen MR) is 65.3 cm³/mol. The lowest BCUT2D eigenvalue weighted by Gasteiger charge is -2.03. The van der Waals surface area contributed by atoms with Gasteiger partial charge in [0.25, 0.3) is 0 Å². The minimum Gasteiger partial charge on any atom is -0.427 e. The van der Waals surface area contributed by atoms with Crippen LogP contribution in [-0.4, -0.2) is 5.97 Å². The van der Waals surface area contributed by atoms with Crippen LogP contribution in [0, 0.1) is 6.92 Å². The number of hydrogen-bond donors (Lipinski definition) is 0. The average Bonchev–Trinajstić information content (AvgIpc) is 2.26. The second-order valence-electron chi connectivity index (χ2n) is 3.90. The lowest BCUT2D eigenvalue weighted by atomic mass is 10.1. The van der Waals surface area contributed by atoms with Gasteiger partial charge in [-0.05, 0) is 30.5 Å². The van der Waals surface area contributed by atoms with E-state index in [0.717, 1.165) is 12.8 Å². The van der Waals surface area contributed by atoms with E-state index in [-0.39, 0.29) is 5.97 Å². The van der Waals surface area contributed by atoms with Crippen molar-refractivity contribution in [1.29, 1.82) is 0 Å². The molecule has 0 spiro atoms. The summed E-state index contributed by atoms with van der Waals surface area (Å²) in [5.41, 5.74) is 1.29. The van der Waals surface area contributed by atoms with Gasteiger partial charge >= 0.3 is 5.97 Å². The molecule has 0 bridgehead atoms. The van der Waals surface area contributed by atoms with Crippen LogP contribution in [0.15, 0.2) is 24.3 Å². The van der Waals surface area contributed by atoms with Gasteiger partial charge in [-0.25, -0.2) is 0 Å². The lowest BCUT2D eigenvalue weighted by Crippen LogP contribution is -2.01. The Bertz CT molecular complexity index is 314. The number of esters is 1. The molecule has 0 heterocycles. The van der Waals surface area contributed by atoms with E-state index in [1.165, 1.54) is 31.7 Å². The highest BCUT2D eigenvalue weighted by molar-refractivity contribution is 5.69. The van der Waals surface area contributed by atoms with Crippen LogP contribution in [0.3, 0.4) is 0 Å². The third-order valence-electron chi connectivity index (χ3n) is 2.40. The molecule has 1 radical (unpaired) electrons. The number of ether oxygens (including phenoxy) is 1. The Balaban J connectivity index is 2.36. The van der Waals surface area contributed by atoms with Crippen molar-refractivity contribution >= 4 is 5.97 Å². The molecule has 0 aliphatic rings. The number of rotatable bonds is 6. The molecule has 0 aliphatic carbocycles. The van der Waals surface area contributed by atoms with Gasteiger partial charge in [0.2, 0.25) is 0 Å². The first-order valence-electron chi connectivity index (χ1n) is 5.79. The fourth-order valence-electron chi connectivity index (χ4n) is 1.57. The zero-order chi connectivity index (χ0) is 11.8. The summed E-state index contributed by atoms with van der Waals surface area (Å²) in [6, 6.07) is 7.72. The second kappa shape index (κ2) is 7.04. The van der Waals surface area contributed by atoms with Gasteiger partial charge in [0, 0.05) is 6.92 Å². The number of carbonyl (C=O) groups excluding carboxylic acids is 1. The van der Waals surface area contributed by atoms with Crippen molar-refractivity contribution < 1.29 is 9.53 Å². The predicted octanol–water partition coefficient (Wildman–Crippen LogP) is 3.55. The minimum absolute atomic E-state index is 0.275. The van der Waals surface area contributed by atoms with E-state index in [2.05, 4.69) is 6.92 Å². The standard InChI is InChI=1S/C14H19O2/c1-3-4-5-6-7-13-8-10-14(11-9-13)16-12(2)15/h8-11H,1,3-7H2,2H3. The maximum atomic E-state index is 10.7. The molecule has 0 unspecified atom stereocenters. The molecule has 2 nitrogen and oxygen atoms in total. The molecule has 0 saturated heterocycles. The molecule has 0 aliphatic heterocycles. The normalized spacial score (nSPS) is 10.1. The zero-order valence-corrected chi connectivity index (χ0v) is 9.87. The van der Waals surface area contributed by atoms with Crippen LogP contribution >= 0.6 is 0 Å². The van der Waals surface area contributed by atoms with E-state index in [1.807, 2.05) is 24.3 Å². The summed E-state index contributed by atoms with van der Waals surface area (Å²) in [5.74, 6) is 0.345. The van der Waals surface area contributed by atoms with Gasteiger partial charge in [-0.2, -0.15) is 0 Å². The Hall–Kier alpha value is -1.31. The van der Waals surface area contributed by atoms with E-state index in [1.54, 1.807) is 0 Å². The van der Waals surface area contributed by atoms with Crippen LogP contribution in [0.2, 0.25) is 0 Å². The summed E-state index contributed by atoms with van der Waals surface area (Å²) in [7, 11) is 0. The summed E-state index contributed by atoms with van der Waals surface area (Å²) in [6.45, 7) is 5.23. The van der Waals surface area contributed by atoms with Crippen LogP contribution in [-0.2, 0) is 11.2 Å². The highest BCUT2D eigenvalue weighted by atomic mass is 16.5. The Morgan fingerprint density at radius 1 is 1.19 bits per heavy atom. The summed E-state index contributed by atoms with van der Waals surface area (Å²) in [5, 5.41) is 0. The van der Waals surface area contributed by atoms with E-state index in [4.69, 9.17) is 4.74 Å². The molecule has 0 N–H and O–H groups in total. The molecule has 0 atom stereocenters. The third-order valence-corrected chi connectivity index (χ3v) is 2.40. The first kappa shape index (κ1) is 12.8. The van der Waals surface area contributed by atoms with Crippen LogP contribution in [0.4, 0.5) is 0 Å². The number of benzene rings is 1.